The maximum atomic E-state index is 13.2. The quantitative estimate of drug-likeness (QED) is 0.710. The third-order valence-corrected chi connectivity index (χ3v) is 5.91. The Hall–Kier alpha value is -2.63. The minimum atomic E-state index is -1.11. The van der Waals surface area contributed by atoms with Crippen LogP contribution in [-0.4, -0.2) is 23.8 Å². The van der Waals surface area contributed by atoms with Crippen molar-refractivity contribution in [2.45, 2.75) is 5.54 Å². The van der Waals surface area contributed by atoms with Crippen LogP contribution >= 0.6 is 22.9 Å². The van der Waals surface area contributed by atoms with Gasteiger partial charge in [-0.05, 0) is 34.9 Å². The average Bonchev–Trinajstić information content (AvgIpc) is 3.20. The second kappa shape index (κ2) is 6.27. The molecule has 1 aliphatic heterocycles. The van der Waals surface area contributed by atoms with Gasteiger partial charge in [-0.3, -0.25) is 15.1 Å². The van der Waals surface area contributed by atoms with Crippen molar-refractivity contribution in [2.75, 3.05) is 7.05 Å². The Labute approximate surface area is 160 Å². The molecular weight excluding hydrogens is 366 g/mol. The van der Waals surface area contributed by atoms with Gasteiger partial charge in [-0.1, -0.05) is 60.1 Å². The van der Waals surface area contributed by atoms with E-state index in [9.17, 15) is 4.79 Å². The molecule has 1 unspecified atom stereocenters. The summed E-state index contributed by atoms with van der Waals surface area (Å²) in [5.41, 5.74) is 1.49. The zero-order valence-corrected chi connectivity index (χ0v) is 15.6. The summed E-state index contributed by atoms with van der Waals surface area (Å²) in [6, 6.07) is 21.2. The number of rotatable bonds is 3. The van der Waals surface area contributed by atoms with Gasteiger partial charge >= 0.3 is 0 Å². The van der Waals surface area contributed by atoms with Gasteiger partial charge in [-0.25, -0.2) is 0 Å². The molecule has 2 heterocycles. The van der Waals surface area contributed by atoms with Crippen molar-refractivity contribution in [3.05, 3.63) is 82.2 Å². The molecule has 3 aromatic rings. The Bertz CT molecular complexity index is 1000. The van der Waals surface area contributed by atoms with Gasteiger partial charge < -0.3 is 5.32 Å². The fraction of sp³-hybridized carbons (Fsp3) is 0.100. The molecule has 1 amide bonds. The SMILES string of the molecule is CN1C(=N)NC(c2ccccc2)(c2cccc(-c3ccc(Cl)s3)c2)C1=O. The van der Waals surface area contributed by atoms with Crippen molar-refractivity contribution >= 4 is 34.8 Å². The van der Waals surface area contributed by atoms with Crippen molar-refractivity contribution in [3.8, 4) is 10.4 Å². The standard InChI is InChI=1S/C20H16ClN3OS/c1-24-18(25)20(23-19(24)22,14-7-3-2-4-8-14)15-9-5-6-13(12-15)16-10-11-17(21)26-16/h2-12H,1H3,(H2,22,23). The van der Waals surface area contributed by atoms with Crippen LogP contribution < -0.4 is 5.32 Å². The van der Waals surface area contributed by atoms with Crippen LogP contribution in [-0.2, 0) is 10.3 Å². The topological polar surface area (TPSA) is 56.2 Å². The Kier molecular flexibility index (Phi) is 4.05. The monoisotopic (exact) mass is 381 g/mol. The lowest BCUT2D eigenvalue weighted by Crippen LogP contribution is -2.45. The summed E-state index contributed by atoms with van der Waals surface area (Å²) >= 11 is 7.58. The molecule has 1 atom stereocenters. The minimum Gasteiger partial charge on any atom is -0.334 e. The lowest BCUT2D eigenvalue weighted by molar-refractivity contribution is -0.129. The molecule has 1 aromatic heterocycles. The summed E-state index contributed by atoms with van der Waals surface area (Å²) in [4.78, 5) is 15.6. The van der Waals surface area contributed by atoms with E-state index in [1.165, 1.54) is 16.2 Å². The van der Waals surface area contributed by atoms with Gasteiger partial charge in [0.05, 0.1) is 4.34 Å². The number of hydrogen-bond donors (Lipinski definition) is 2. The zero-order valence-electron chi connectivity index (χ0n) is 14.0. The summed E-state index contributed by atoms with van der Waals surface area (Å²) < 4.78 is 0.722. The number of carbonyl (C=O) groups excluding carboxylic acids is 1. The van der Waals surface area contributed by atoms with Gasteiger partial charge in [0, 0.05) is 11.9 Å². The van der Waals surface area contributed by atoms with E-state index in [1.54, 1.807) is 7.05 Å². The number of carbonyl (C=O) groups is 1. The predicted molar refractivity (Wildman–Crippen MR) is 106 cm³/mol. The van der Waals surface area contributed by atoms with E-state index in [2.05, 4.69) is 5.32 Å². The first-order valence-corrected chi connectivity index (χ1v) is 9.28. The zero-order chi connectivity index (χ0) is 18.3. The van der Waals surface area contributed by atoms with Gasteiger partial charge in [0.25, 0.3) is 5.91 Å². The smallest absolute Gasteiger partial charge is 0.264 e. The lowest BCUT2D eigenvalue weighted by Gasteiger charge is -2.28. The van der Waals surface area contributed by atoms with Crippen LogP contribution in [0.25, 0.3) is 10.4 Å². The molecule has 1 saturated heterocycles. The van der Waals surface area contributed by atoms with Crippen LogP contribution in [0.5, 0.6) is 0 Å². The third-order valence-electron chi connectivity index (χ3n) is 4.63. The van der Waals surface area contributed by atoms with Crippen molar-refractivity contribution in [1.82, 2.24) is 10.2 Å². The van der Waals surface area contributed by atoms with Gasteiger partial charge in [0.15, 0.2) is 11.5 Å². The van der Waals surface area contributed by atoms with Crippen molar-refractivity contribution in [3.63, 3.8) is 0 Å². The highest BCUT2D eigenvalue weighted by Gasteiger charge is 2.50. The van der Waals surface area contributed by atoms with Crippen molar-refractivity contribution in [1.29, 1.82) is 5.41 Å². The van der Waals surface area contributed by atoms with E-state index >= 15 is 0 Å². The van der Waals surface area contributed by atoms with E-state index in [-0.39, 0.29) is 11.9 Å². The normalized spacial score (nSPS) is 19.7. The molecule has 6 heteroatoms. The first-order valence-electron chi connectivity index (χ1n) is 8.09. The van der Waals surface area contributed by atoms with E-state index in [0.29, 0.717) is 0 Å². The molecule has 2 N–H and O–H groups in total. The molecule has 1 fully saturated rings. The number of likely N-dealkylation sites (N-methyl/N-ethyl adjacent to an activating group) is 1. The maximum Gasteiger partial charge on any atom is 0.264 e. The van der Waals surface area contributed by atoms with E-state index in [1.807, 2.05) is 66.7 Å². The van der Waals surface area contributed by atoms with Gasteiger partial charge in [0.1, 0.15) is 0 Å². The largest absolute Gasteiger partial charge is 0.334 e. The number of amides is 1. The number of halogens is 1. The summed E-state index contributed by atoms with van der Waals surface area (Å²) in [6.07, 6.45) is 0. The predicted octanol–water partition coefficient (Wildman–Crippen LogP) is 4.31. The number of nitrogens with one attached hydrogen (secondary N) is 2. The fourth-order valence-corrected chi connectivity index (χ4v) is 4.33. The molecule has 2 aromatic carbocycles. The second-order valence-electron chi connectivity index (χ2n) is 6.14. The molecule has 130 valence electrons. The van der Waals surface area contributed by atoms with Crippen LogP contribution in [0.15, 0.2) is 66.7 Å². The van der Waals surface area contributed by atoms with Crippen LogP contribution in [0.2, 0.25) is 4.34 Å². The first kappa shape index (κ1) is 16.8. The average molecular weight is 382 g/mol. The Morgan fingerprint density at radius 1 is 1.04 bits per heavy atom. The van der Waals surface area contributed by atoms with Gasteiger partial charge in [-0.2, -0.15) is 0 Å². The molecule has 26 heavy (non-hydrogen) atoms. The molecule has 0 spiro atoms. The van der Waals surface area contributed by atoms with Crippen LogP contribution in [0, 0.1) is 5.41 Å². The van der Waals surface area contributed by atoms with Crippen LogP contribution in [0.4, 0.5) is 0 Å². The van der Waals surface area contributed by atoms with Crippen molar-refractivity contribution < 1.29 is 4.79 Å². The fourth-order valence-electron chi connectivity index (χ4n) is 3.29. The molecule has 0 saturated carbocycles. The summed E-state index contributed by atoms with van der Waals surface area (Å²) in [5, 5.41) is 11.3. The summed E-state index contributed by atoms with van der Waals surface area (Å²) in [5.74, 6) is -0.0847. The highest BCUT2D eigenvalue weighted by atomic mass is 35.5. The molecule has 1 aliphatic rings. The maximum absolute atomic E-state index is 13.2. The van der Waals surface area contributed by atoms with Crippen LogP contribution in [0.3, 0.4) is 0 Å². The van der Waals surface area contributed by atoms with Gasteiger partial charge in [0.2, 0.25) is 0 Å². The number of nitrogens with zero attached hydrogens (tertiary/aromatic N) is 1. The number of hydrogen-bond acceptors (Lipinski definition) is 3. The van der Waals surface area contributed by atoms with Gasteiger partial charge in [-0.15, -0.1) is 11.3 Å². The molecular formula is C20H16ClN3OS. The summed E-state index contributed by atoms with van der Waals surface area (Å²) in [6.45, 7) is 0. The van der Waals surface area contributed by atoms with E-state index < -0.39 is 5.54 Å². The lowest BCUT2D eigenvalue weighted by atomic mass is 9.82. The minimum absolute atomic E-state index is 0.0865. The molecule has 0 aliphatic carbocycles. The number of guanidine groups is 1. The Morgan fingerprint density at radius 2 is 1.77 bits per heavy atom. The number of benzene rings is 2. The van der Waals surface area contributed by atoms with Crippen LogP contribution in [0.1, 0.15) is 11.1 Å². The number of thiophene rings is 1. The highest BCUT2D eigenvalue weighted by molar-refractivity contribution is 7.19. The summed E-state index contributed by atoms with van der Waals surface area (Å²) in [7, 11) is 1.62. The molecule has 0 radical (unpaired) electrons. The van der Waals surface area contributed by atoms with E-state index in [0.717, 1.165) is 25.9 Å². The molecule has 4 nitrogen and oxygen atoms in total. The second-order valence-corrected chi connectivity index (χ2v) is 7.85. The van der Waals surface area contributed by atoms with Crippen molar-refractivity contribution in [2.24, 2.45) is 0 Å². The Balaban J connectivity index is 1.92. The van der Waals surface area contributed by atoms with E-state index in [4.69, 9.17) is 17.0 Å². The Morgan fingerprint density at radius 3 is 2.38 bits per heavy atom. The molecule has 4 rings (SSSR count). The first-order chi connectivity index (χ1) is 12.5. The highest BCUT2D eigenvalue weighted by Crippen LogP contribution is 2.38. The third kappa shape index (κ3) is 2.52. The molecule has 0 bridgehead atoms.